The molecule has 0 spiro atoms. The summed E-state index contributed by atoms with van der Waals surface area (Å²) in [5, 5.41) is 7.54. The Bertz CT molecular complexity index is 1340. The minimum atomic E-state index is -0.0669. The zero-order valence-corrected chi connectivity index (χ0v) is 20.8. The summed E-state index contributed by atoms with van der Waals surface area (Å²) in [5.41, 5.74) is 2.31. The molecule has 4 aromatic rings. The first-order valence-corrected chi connectivity index (χ1v) is 12.6. The number of carbonyl (C=O) groups excluding carboxylic acids is 1. The highest BCUT2D eigenvalue weighted by molar-refractivity contribution is 8.00. The molecule has 0 unspecified atom stereocenters. The van der Waals surface area contributed by atoms with Crippen molar-refractivity contribution in [2.24, 2.45) is 5.92 Å². The molecular formula is C27H26N4O4S. The van der Waals surface area contributed by atoms with Crippen molar-refractivity contribution in [3.05, 3.63) is 72.8 Å². The molecule has 36 heavy (non-hydrogen) atoms. The van der Waals surface area contributed by atoms with Crippen molar-refractivity contribution in [3.8, 4) is 34.6 Å². The second kappa shape index (κ2) is 10.7. The van der Waals surface area contributed by atoms with E-state index in [0.29, 0.717) is 47.3 Å². The van der Waals surface area contributed by atoms with Gasteiger partial charge in [-0.05, 0) is 60.5 Å². The van der Waals surface area contributed by atoms with Crippen molar-refractivity contribution in [2.45, 2.75) is 18.7 Å². The van der Waals surface area contributed by atoms with Crippen molar-refractivity contribution < 1.29 is 19.0 Å². The van der Waals surface area contributed by atoms with E-state index in [9.17, 15) is 4.79 Å². The number of nitrogens with one attached hydrogen (secondary N) is 1. The highest BCUT2D eigenvalue weighted by atomic mass is 32.2. The van der Waals surface area contributed by atoms with E-state index >= 15 is 0 Å². The van der Waals surface area contributed by atoms with Gasteiger partial charge in [-0.3, -0.25) is 4.79 Å². The maximum Gasteiger partial charge on any atom is 0.336 e. The van der Waals surface area contributed by atoms with Crippen LogP contribution in [0.1, 0.15) is 13.8 Å². The van der Waals surface area contributed by atoms with Gasteiger partial charge >= 0.3 is 6.01 Å². The third-order valence-corrected chi connectivity index (χ3v) is 6.29. The summed E-state index contributed by atoms with van der Waals surface area (Å²) in [5.74, 6) is 2.59. The standard InChI is InChI=1S/C27H26N4O4S/c1-18(2)15-33-27-29-26(19-8-13-23-24(14-19)35-17-34-23)31(30-27)21-11-9-20(10-12-21)28-25(32)16-36-22-6-4-3-5-7-22/h3-14,18H,15-17H2,1-2H3,(H,28,32). The summed E-state index contributed by atoms with van der Waals surface area (Å²) in [6.45, 7) is 4.85. The van der Waals surface area contributed by atoms with Crippen LogP contribution in [0.5, 0.6) is 17.5 Å². The number of rotatable bonds is 9. The first kappa shape index (κ1) is 23.7. The van der Waals surface area contributed by atoms with Gasteiger partial charge in [-0.15, -0.1) is 16.9 Å². The van der Waals surface area contributed by atoms with E-state index in [2.05, 4.69) is 29.2 Å². The molecule has 3 aromatic carbocycles. The lowest BCUT2D eigenvalue weighted by atomic mass is 10.2. The Morgan fingerprint density at radius 2 is 1.83 bits per heavy atom. The van der Waals surface area contributed by atoms with Crippen molar-refractivity contribution >= 4 is 23.4 Å². The normalized spacial score (nSPS) is 12.1. The number of hydrogen-bond donors (Lipinski definition) is 1. The number of hydrogen-bond acceptors (Lipinski definition) is 7. The van der Waals surface area contributed by atoms with E-state index < -0.39 is 0 Å². The van der Waals surface area contributed by atoms with Crippen molar-refractivity contribution in [2.75, 3.05) is 24.5 Å². The van der Waals surface area contributed by atoms with Crippen LogP contribution in [0.3, 0.4) is 0 Å². The van der Waals surface area contributed by atoms with Gasteiger partial charge in [0.05, 0.1) is 18.0 Å². The molecule has 8 nitrogen and oxygen atoms in total. The molecule has 1 aliphatic rings. The molecule has 0 bridgehead atoms. The van der Waals surface area contributed by atoms with E-state index in [-0.39, 0.29) is 12.7 Å². The highest BCUT2D eigenvalue weighted by Gasteiger charge is 2.19. The Morgan fingerprint density at radius 3 is 2.61 bits per heavy atom. The van der Waals surface area contributed by atoms with Gasteiger partial charge in [0.2, 0.25) is 12.7 Å². The van der Waals surface area contributed by atoms with Crippen LogP contribution in [-0.2, 0) is 4.79 Å². The van der Waals surface area contributed by atoms with Crippen molar-refractivity contribution in [3.63, 3.8) is 0 Å². The van der Waals surface area contributed by atoms with Crippen LogP contribution in [0.4, 0.5) is 5.69 Å². The van der Waals surface area contributed by atoms with Crippen LogP contribution in [0.25, 0.3) is 17.1 Å². The minimum absolute atomic E-state index is 0.0669. The number of benzene rings is 3. The van der Waals surface area contributed by atoms with Gasteiger partial charge in [0, 0.05) is 16.1 Å². The largest absolute Gasteiger partial charge is 0.462 e. The summed E-state index contributed by atoms with van der Waals surface area (Å²) in [6.07, 6.45) is 0. The molecule has 0 radical (unpaired) electrons. The Kier molecular flexibility index (Phi) is 7.08. The van der Waals surface area contributed by atoms with Gasteiger partial charge in [0.1, 0.15) is 0 Å². The van der Waals surface area contributed by atoms with E-state index in [1.54, 1.807) is 4.68 Å². The fraction of sp³-hybridized carbons (Fsp3) is 0.222. The Hall–Kier alpha value is -3.98. The van der Waals surface area contributed by atoms with Gasteiger partial charge in [-0.2, -0.15) is 4.98 Å². The lowest BCUT2D eigenvalue weighted by molar-refractivity contribution is -0.113. The Labute approximate surface area is 213 Å². The molecule has 184 valence electrons. The molecule has 9 heteroatoms. The van der Waals surface area contributed by atoms with Crippen LogP contribution < -0.4 is 19.5 Å². The van der Waals surface area contributed by atoms with Gasteiger partial charge in [0.15, 0.2) is 17.3 Å². The summed E-state index contributed by atoms with van der Waals surface area (Å²) in [6, 6.07) is 23.3. The van der Waals surface area contributed by atoms with Gasteiger partial charge in [0.25, 0.3) is 0 Å². The second-order valence-electron chi connectivity index (χ2n) is 8.60. The topological polar surface area (TPSA) is 87.5 Å². The SMILES string of the molecule is CC(C)COc1nc(-c2ccc3c(c2)OCO3)n(-c2ccc(NC(=O)CSc3ccccc3)cc2)n1. The summed E-state index contributed by atoms with van der Waals surface area (Å²) in [4.78, 5) is 18.1. The van der Waals surface area contributed by atoms with Gasteiger partial charge in [-0.1, -0.05) is 32.0 Å². The van der Waals surface area contributed by atoms with E-state index in [4.69, 9.17) is 14.2 Å². The van der Waals surface area contributed by atoms with Crippen LogP contribution >= 0.6 is 11.8 Å². The Morgan fingerprint density at radius 1 is 1.06 bits per heavy atom. The molecule has 0 saturated heterocycles. The van der Waals surface area contributed by atoms with Crippen LogP contribution in [0, 0.1) is 5.92 Å². The maximum absolute atomic E-state index is 12.4. The average Bonchev–Trinajstić information content (AvgIpc) is 3.54. The molecule has 1 N–H and O–H groups in total. The molecule has 0 saturated carbocycles. The van der Waals surface area contributed by atoms with E-state index in [1.165, 1.54) is 11.8 Å². The third-order valence-electron chi connectivity index (χ3n) is 5.27. The summed E-state index contributed by atoms with van der Waals surface area (Å²) >= 11 is 1.50. The van der Waals surface area contributed by atoms with Crippen LogP contribution in [0.15, 0.2) is 77.7 Å². The lowest BCUT2D eigenvalue weighted by Gasteiger charge is -2.09. The van der Waals surface area contributed by atoms with Crippen molar-refractivity contribution in [1.29, 1.82) is 0 Å². The molecule has 0 aliphatic carbocycles. The van der Waals surface area contributed by atoms with E-state index in [0.717, 1.165) is 16.1 Å². The monoisotopic (exact) mass is 502 g/mol. The number of anilines is 1. The lowest BCUT2D eigenvalue weighted by Crippen LogP contribution is -2.14. The average molecular weight is 503 g/mol. The molecular weight excluding hydrogens is 476 g/mol. The number of carbonyl (C=O) groups is 1. The summed E-state index contributed by atoms with van der Waals surface area (Å²) < 4.78 is 18.5. The fourth-order valence-electron chi connectivity index (χ4n) is 3.55. The molecule has 5 rings (SSSR count). The number of thioether (sulfide) groups is 1. The molecule has 1 aliphatic heterocycles. The number of ether oxygens (including phenoxy) is 3. The quantitative estimate of drug-likeness (QED) is 0.305. The zero-order chi connectivity index (χ0) is 24.9. The third kappa shape index (κ3) is 5.63. The molecule has 1 amide bonds. The van der Waals surface area contributed by atoms with Crippen LogP contribution in [0.2, 0.25) is 0 Å². The number of amides is 1. The molecule has 0 atom stereocenters. The molecule has 0 fully saturated rings. The zero-order valence-electron chi connectivity index (χ0n) is 20.0. The first-order valence-electron chi connectivity index (χ1n) is 11.6. The van der Waals surface area contributed by atoms with Gasteiger partial charge in [-0.25, -0.2) is 4.68 Å². The van der Waals surface area contributed by atoms with E-state index in [1.807, 2.05) is 72.8 Å². The van der Waals surface area contributed by atoms with Crippen molar-refractivity contribution in [1.82, 2.24) is 14.8 Å². The minimum Gasteiger partial charge on any atom is -0.462 e. The summed E-state index contributed by atoms with van der Waals surface area (Å²) in [7, 11) is 0. The fourth-order valence-corrected chi connectivity index (χ4v) is 4.27. The first-order chi connectivity index (χ1) is 17.5. The maximum atomic E-state index is 12.4. The Balaban J connectivity index is 1.34. The smallest absolute Gasteiger partial charge is 0.336 e. The molecule has 2 heterocycles. The predicted molar refractivity (Wildman–Crippen MR) is 139 cm³/mol. The number of fused-ring (bicyclic) bond motifs is 1. The highest BCUT2D eigenvalue weighted by Crippen LogP contribution is 2.36. The van der Waals surface area contributed by atoms with Gasteiger partial charge < -0.3 is 19.5 Å². The van der Waals surface area contributed by atoms with Crippen LogP contribution in [-0.4, -0.2) is 39.8 Å². The second-order valence-corrected chi connectivity index (χ2v) is 9.65. The predicted octanol–water partition coefficient (Wildman–Crippen LogP) is 5.43. The number of aromatic nitrogens is 3. The molecule has 1 aromatic heterocycles. The number of nitrogens with zero attached hydrogens (tertiary/aromatic N) is 3.